The van der Waals surface area contributed by atoms with E-state index in [2.05, 4.69) is 9.88 Å². The average molecular weight is 349 g/mol. The quantitative estimate of drug-likeness (QED) is 0.835. The van der Waals surface area contributed by atoms with Gasteiger partial charge in [-0.15, -0.1) is 0 Å². The molecule has 0 spiro atoms. The Labute approximate surface area is 144 Å². The molecule has 1 amide bonds. The van der Waals surface area contributed by atoms with Crippen LogP contribution in [0.2, 0.25) is 0 Å². The summed E-state index contributed by atoms with van der Waals surface area (Å²) in [6.07, 6.45) is 4.56. The SMILES string of the molecule is O=C(C1CCCN(c2nccc3occc23)C1)N1CCC(F)(F)CC1. The number of carbonyl (C=O) groups excluding carboxylic acids is 1. The molecule has 1 unspecified atom stereocenters. The number of nitrogens with zero attached hydrogens (tertiary/aromatic N) is 3. The van der Waals surface area contributed by atoms with Crippen molar-refractivity contribution in [2.24, 2.45) is 5.92 Å². The molecule has 2 aliphatic heterocycles. The predicted molar refractivity (Wildman–Crippen MR) is 89.7 cm³/mol. The van der Waals surface area contributed by atoms with E-state index < -0.39 is 5.92 Å². The molecular formula is C18H21F2N3O2. The fraction of sp³-hybridized carbons (Fsp3) is 0.556. The van der Waals surface area contributed by atoms with Crippen LogP contribution < -0.4 is 4.90 Å². The van der Waals surface area contributed by atoms with Gasteiger partial charge >= 0.3 is 0 Å². The fourth-order valence-corrected chi connectivity index (χ4v) is 3.82. The molecule has 7 heteroatoms. The molecule has 0 aliphatic carbocycles. The Kier molecular flexibility index (Phi) is 4.09. The highest BCUT2D eigenvalue weighted by Gasteiger charge is 2.38. The first-order chi connectivity index (χ1) is 12.0. The van der Waals surface area contributed by atoms with Crippen LogP contribution in [0, 0.1) is 5.92 Å². The highest BCUT2D eigenvalue weighted by atomic mass is 19.3. The van der Waals surface area contributed by atoms with Crippen LogP contribution in [0.25, 0.3) is 11.0 Å². The van der Waals surface area contributed by atoms with E-state index in [4.69, 9.17) is 4.42 Å². The highest BCUT2D eigenvalue weighted by Crippen LogP contribution is 2.32. The minimum absolute atomic E-state index is 0.000399. The summed E-state index contributed by atoms with van der Waals surface area (Å²) in [5.41, 5.74) is 0.775. The Bertz CT molecular complexity index is 767. The lowest BCUT2D eigenvalue weighted by atomic mass is 9.95. The van der Waals surface area contributed by atoms with Crippen molar-refractivity contribution in [1.82, 2.24) is 9.88 Å². The van der Waals surface area contributed by atoms with Gasteiger partial charge in [0.1, 0.15) is 11.4 Å². The summed E-state index contributed by atoms with van der Waals surface area (Å²) in [4.78, 5) is 21.0. The van der Waals surface area contributed by atoms with Gasteiger partial charge in [0.2, 0.25) is 5.91 Å². The summed E-state index contributed by atoms with van der Waals surface area (Å²) in [5, 5.41) is 0.938. The number of hydrogen-bond acceptors (Lipinski definition) is 4. The number of pyridine rings is 1. The van der Waals surface area contributed by atoms with E-state index >= 15 is 0 Å². The molecule has 1 atom stereocenters. The number of amides is 1. The summed E-state index contributed by atoms with van der Waals surface area (Å²) in [6.45, 7) is 1.71. The van der Waals surface area contributed by atoms with Gasteiger partial charge in [-0.25, -0.2) is 13.8 Å². The Hall–Kier alpha value is -2.18. The zero-order valence-corrected chi connectivity index (χ0v) is 14.0. The number of rotatable bonds is 2. The van der Waals surface area contributed by atoms with Crippen LogP contribution in [0.4, 0.5) is 14.6 Å². The van der Waals surface area contributed by atoms with Gasteiger partial charge in [0.25, 0.3) is 5.92 Å². The predicted octanol–water partition coefficient (Wildman–Crippen LogP) is 3.30. The summed E-state index contributed by atoms with van der Waals surface area (Å²) in [5.74, 6) is -1.96. The maximum Gasteiger partial charge on any atom is 0.251 e. The van der Waals surface area contributed by atoms with Crippen molar-refractivity contribution in [3.05, 3.63) is 24.6 Å². The normalized spacial score (nSPS) is 23.8. The second-order valence-corrected chi connectivity index (χ2v) is 6.93. The van der Waals surface area contributed by atoms with Crippen molar-refractivity contribution in [2.75, 3.05) is 31.1 Å². The molecule has 0 bridgehead atoms. The van der Waals surface area contributed by atoms with Crippen LogP contribution in [-0.4, -0.2) is 47.9 Å². The van der Waals surface area contributed by atoms with Crippen molar-refractivity contribution in [3.8, 4) is 0 Å². The van der Waals surface area contributed by atoms with Crippen LogP contribution in [0.15, 0.2) is 29.0 Å². The van der Waals surface area contributed by atoms with Crippen molar-refractivity contribution in [2.45, 2.75) is 31.6 Å². The van der Waals surface area contributed by atoms with E-state index in [1.165, 1.54) is 0 Å². The van der Waals surface area contributed by atoms with E-state index in [1.54, 1.807) is 17.4 Å². The maximum absolute atomic E-state index is 13.3. The third-order valence-electron chi connectivity index (χ3n) is 5.24. The molecule has 2 aromatic rings. The minimum atomic E-state index is -2.63. The van der Waals surface area contributed by atoms with Crippen LogP contribution >= 0.6 is 0 Å². The van der Waals surface area contributed by atoms with E-state index in [-0.39, 0.29) is 37.8 Å². The molecule has 2 aromatic heterocycles. The Morgan fingerprint density at radius 2 is 2.04 bits per heavy atom. The van der Waals surface area contributed by atoms with Gasteiger partial charge in [-0.2, -0.15) is 0 Å². The monoisotopic (exact) mass is 349 g/mol. The maximum atomic E-state index is 13.3. The zero-order chi connectivity index (χ0) is 17.4. The molecule has 0 N–H and O–H groups in total. The highest BCUT2D eigenvalue weighted by molar-refractivity contribution is 5.89. The minimum Gasteiger partial charge on any atom is -0.464 e. The van der Waals surface area contributed by atoms with Gasteiger partial charge < -0.3 is 14.2 Å². The van der Waals surface area contributed by atoms with Crippen LogP contribution in [-0.2, 0) is 4.79 Å². The number of furan rings is 1. The zero-order valence-electron chi connectivity index (χ0n) is 14.0. The summed E-state index contributed by atoms with van der Waals surface area (Å²) in [7, 11) is 0. The summed E-state index contributed by atoms with van der Waals surface area (Å²) >= 11 is 0. The lowest BCUT2D eigenvalue weighted by Crippen LogP contribution is -2.49. The van der Waals surface area contributed by atoms with Crippen molar-refractivity contribution >= 4 is 22.7 Å². The molecule has 0 aromatic carbocycles. The van der Waals surface area contributed by atoms with Gasteiger partial charge in [0, 0.05) is 45.2 Å². The van der Waals surface area contributed by atoms with E-state index in [1.807, 2.05) is 12.1 Å². The third-order valence-corrected chi connectivity index (χ3v) is 5.24. The fourth-order valence-electron chi connectivity index (χ4n) is 3.82. The molecule has 4 rings (SSSR count). The lowest BCUT2D eigenvalue weighted by Gasteiger charge is -2.38. The van der Waals surface area contributed by atoms with Gasteiger partial charge in [0.05, 0.1) is 17.6 Å². The first-order valence-corrected chi connectivity index (χ1v) is 8.77. The molecule has 134 valence electrons. The van der Waals surface area contributed by atoms with Crippen molar-refractivity contribution in [3.63, 3.8) is 0 Å². The second-order valence-electron chi connectivity index (χ2n) is 6.93. The molecule has 2 saturated heterocycles. The summed E-state index contributed by atoms with van der Waals surface area (Å²) < 4.78 is 32.1. The standard InChI is InChI=1S/C18H21F2N3O2/c19-18(20)5-9-22(10-6-18)17(24)13-2-1-8-23(12-13)16-14-4-11-25-15(14)3-7-21-16/h3-4,7,11,13H,1-2,5-6,8-10,12H2. The smallest absolute Gasteiger partial charge is 0.251 e. The Morgan fingerprint density at radius 1 is 1.24 bits per heavy atom. The van der Waals surface area contributed by atoms with Gasteiger partial charge in [-0.05, 0) is 25.0 Å². The molecule has 0 saturated carbocycles. The van der Waals surface area contributed by atoms with E-state index in [0.29, 0.717) is 6.54 Å². The first-order valence-electron chi connectivity index (χ1n) is 8.77. The van der Waals surface area contributed by atoms with Crippen LogP contribution in [0.1, 0.15) is 25.7 Å². The van der Waals surface area contributed by atoms with Gasteiger partial charge in [0.15, 0.2) is 0 Å². The third kappa shape index (κ3) is 3.19. The molecule has 5 nitrogen and oxygen atoms in total. The summed E-state index contributed by atoms with van der Waals surface area (Å²) in [6, 6.07) is 3.70. The molecule has 2 aliphatic rings. The molecule has 4 heterocycles. The van der Waals surface area contributed by atoms with Gasteiger partial charge in [-0.1, -0.05) is 0 Å². The number of carbonyl (C=O) groups is 1. The number of likely N-dealkylation sites (tertiary alicyclic amines) is 1. The lowest BCUT2D eigenvalue weighted by molar-refractivity contribution is -0.141. The van der Waals surface area contributed by atoms with Crippen LogP contribution in [0.5, 0.6) is 0 Å². The first kappa shape index (κ1) is 16.3. The molecule has 0 radical (unpaired) electrons. The van der Waals surface area contributed by atoms with Crippen molar-refractivity contribution < 1.29 is 18.0 Å². The Morgan fingerprint density at radius 3 is 2.84 bits per heavy atom. The second kappa shape index (κ2) is 6.28. The molecule has 25 heavy (non-hydrogen) atoms. The average Bonchev–Trinajstić information content (AvgIpc) is 3.10. The van der Waals surface area contributed by atoms with Crippen LogP contribution in [0.3, 0.4) is 0 Å². The largest absolute Gasteiger partial charge is 0.464 e. The number of alkyl halides is 2. The van der Waals surface area contributed by atoms with Crippen molar-refractivity contribution in [1.29, 1.82) is 0 Å². The van der Waals surface area contributed by atoms with E-state index in [0.717, 1.165) is 36.2 Å². The number of piperidine rings is 2. The number of aromatic nitrogens is 1. The molecular weight excluding hydrogens is 328 g/mol. The number of fused-ring (bicyclic) bond motifs is 1. The van der Waals surface area contributed by atoms with Gasteiger partial charge in [-0.3, -0.25) is 4.79 Å². The van der Waals surface area contributed by atoms with E-state index in [9.17, 15) is 13.6 Å². The number of hydrogen-bond donors (Lipinski definition) is 0. The number of halogens is 2. The topological polar surface area (TPSA) is 49.6 Å². The number of anilines is 1. The Balaban J connectivity index is 1.48. The molecule has 2 fully saturated rings.